The number of nitrogens with two attached hydrogens (primary N) is 2. The van der Waals surface area contributed by atoms with Crippen LogP contribution in [0.15, 0.2) is 36.8 Å². The summed E-state index contributed by atoms with van der Waals surface area (Å²) < 4.78 is 86.4. The number of nitriles is 1. The predicted octanol–water partition coefficient (Wildman–Crippen LogP) is 3.55. The normalized spacial score (nSPS) is 16.1. The first-order valence-corrected chi connectivity index (χ1v) is 11.4. The molecule has 3 aromatic rings. The third kappa shape index (κ3) is 5.01. The lowest BCUT2D eigenvalue weighted by molar-refractivity contribution is -0.280. The third-order valence-electron chi connectivity index (χ3n) is 6.41. The van der Waals surface area contributed by atoms with Gasteiger partial charge in [0.2, 0.25) is 0 Å². The monoisotopic (exact) mass is 567 g/mol. The van der Waals surface area contributed by atoms with Crippen LogP contribution < -0.4 is 11.5 Å². The van der Waals surface area contributed by atoms with E-state index in [1.54, 1.807) is 6.20 Å². The first-order valence-electron chi connectivity index (χ1n) is 11.4. The molecule has 10 nitrogen and oxygen atoms in total. The Balaban J connectivity index is 1.80. The van der Waals surface area contributed by atoms with Crippen molar-refractivity contribution in [1.29, 1.82) is 5.26 Å². The molecule has 210 valence electrons. The molecule has 0 spiro atoms. The fourth-order valence-corrected chi connectivity index (χ4v) is 4.01. The van der Waals surface area contributed by atoms with Crippen molar-refractivity contribution < 1.29 is 40.7 Å². The smallest absolute Gasteiger partial charge is 0.427 e. The number of rotatable bonds is 7. The number of benzene rings is 1. The summed E-state index contributed by atoms with van der Waals surface area (Å²) in [6.45, 7) is 1.77. The topological polar surface area (TPSA) is 163 Å². The molecule has 0 radical (unpaired) electrons. The van der Waals surface area contributed by atoms with Gasteiger partial charge in [0.15, 0.2) is 0 Å². The van der Waals surface area contributed by atoms with Gasteiger partial charge < -0.3 is 16.2 Å². The zero-order valence-electron chi connectivity index (χ0n) is 20.5. The summed E-state index contributed by atoms with van der Waals surface area (Å²) in [6, 6.07) is 4.65. The summed E-state index contributed by atoms with van der Waals surface area (Å²) in [4.78, 5) is 31.9. The average Bonchev–Trinajstić information content (AvgIpc) is 3.49. The maximum Gasteiger partial charge on any atom is 0.490 e. The van der Waals surface area contributed by atoms with Crippen LogP contribution in [0, 0.1) is 23.7 Å². The molecule has 2 aromatic heterocycles. The number of hydrogen-bond donors (Lipinski definition) is 2. The number of aromatic nitrogens is 4. The minimum Gasteiger partial charge on any atom is -0.427 e. The number of carbonyl (C=O) groups is 2. The number of ether oxygens (including phenoxy) is 1. The molecule has 1 aliphatic carbocycles. The molecule has 1 amide bonds. The highest BCUT2D eigenvalue weighted by molar-refractivity contribution is 5.90. The maximum atomic E-state index is 14.2. The molecule has 1 atom stereocenters. The van der Waals surface area contributed by atoms with Gasteiger partial charge in [-0.15, -0.1) is 0 Å². The van der Waals surface area contributed by atoms with Crippen LogP contribution >= 0.6 is 0 Å². The van der Waals surface area contributed by atoms with Crippen LogP contribution in [-0.4, -0.2) is 44.0 Å². The fourth-order valence-electron chi connectivity index (χ4n) is 4.01. The number of carbonyl (C=O) groups excluding carboxylic acids is 2. The zero-order chi connectivity index (χ0) is 29.7. The van der Waals surface area contributed by atoms with Gasteiger partial charge in [0, 0.05) is 22.9 Å². The Kier molecular flexibility index (Phi) is 6.73. The number of halogens is 6. The summed E-state index contributed by atoms with van der Waals surface area (Å²) in [5.74, 6) is -5.73. The Morgan fingerprint density at radius 2 is 1.85 bits per heavy atom. The number of hydrogen-bond acceptors (Lipinski definition) is 8. The van der Waals surface area contributed by atoms with Gasteiger partial charge in [-0.05, 0) is 31.4 Å². The van der Waals surface area contributed by atoms with Gasteiger partial charge in [-0.25, -0.2) is 14.8 Å². The van der Waals surface area contributed by atoms with Gasteiger partial charge in [0.05, 0.1) is 36.1 Å². The number of primary amides is 1. The van der Waals surface area contributed by atoms with E-state index >= 15 is 0 Å². The summed E-state index contributed by atoms with van der Waals surface area (Å²) in [5, 5.41) is 13.5. The van der Waals surface area contributed by atoms with Crippen LogP contribution in [0.3, 0.4) is 0 Å². The van der Waals surface area contributed by atoms with E-state index in [9.17, 15) is 41.2 Å². The Hall–Kier alpha value is -4.68. The molecule has 1 fully saturated rings. The first-order chi connectivity index (χ1) is 18.5. The van der Waals surface area contributed by atoms with Crippen molar-refractivity contribution in [3.63, 3.8) is 0 Å². The number of aryl methyl sites for hydroxylation is 1. The van der Waals surface area contributed by atoms with Gasteiger partial charge in [-0.3, -0.25) is 9.48 Å². The quantitative estimate of drug-likeness (QED) is 0.323. The Bertz CT molecular complexity index is 1540. The average molecular weight is 567 g/mol. The highest BCUT2D eigenvalue weighted by Crippen LogP contribution is 2.47. The standard InChI is InChI=1S/C24H19F6N7O3/c1-12-2-3-14(22(19(33)38,24(28,29)30)40-20(39)23(25,26)27)6-15(12)16-8-34-18(32)17(36-16)13-7-35-37(9-13)11-21(10-31)4-5-21/h2-3,6-9H,4-5,11H2,1H3,(H2,32,34)(H2,33,38). The molecule has 40 heavy (non-hydrogen) atoms. The van der Waals surface area contributed by atoms with E-state index in [1.807, 2.05) is 0 Å². The van der Waals surface area contributed by atoms with E-state index in [-0.39, 0.29) is 28.3 Å². The molecule has 4 rings (SSSR count). The number of esters is 1. The van der Waals surface area contributed by atoms with Crippen LogP contribution in [0.4, 0.5) is 32.2 Å². The predicted molar refractivity (Wildman–Crippen MR) is 124 cm³/mol. The largest absolute Gasteiger partial charge is 0.490 e. The van der Waals surface area contributed by atoms with Gasteiger partial charge in [0.25, 0.3) is 5.91 Å². The lowest BCUT2D eigenvalue weighted by Crippen LogP contribution is -2.57. The maximum absolute atomic E-state index is 14.2. The summed E-state index contributed by atoms with van der Waals surface area (Å²) >= 11 is 0. The second-order valence-corrected chi connectivity index (χ2v) is 9.27. The van der Waals surface area contributed by atoms with Crippen molar-refractivity contribution in [3.8, 4) is 28.6 Å². The van der Waals surface area contributed by atoms with E-state index in [0.717, 1.165) is 25.1 Å². The molecule has 1 unspecified atom stereocenters. The van der Waals surface area contributed by atoms with Crippen LogP contribution in [-0.2, 0) is 26.5 Å². The summed E-state index contributed by atoms with van der Waals surface area (Å²) in [5.41, 5.74) is 5.26. The summed E-state index contributed by atoms with van der Waals surface area (Å²) in [7, 11) is 0. The Labute approximate surface area is 221 Å². The number of amides is 1. The van der Waals surface area contributed by atoms with E-state index < -0.39 is 40.8 Å². The van der Waals surface area contributed by atoms with E-state index in [4.69, 9.17) is 11.5 Å². The van der Waals surface area contributed by atoms with Crippen molar-refractivity contribution in [2.24, 2.45) is 11.1 Å². The minimum absolute atomic E-state index is 0.0700. The van der Waals surface area contributed by atoms with Crippen molar-refractivity contribution in [2.45, 2.75) is 44.3 Å². The van der Waals surface area contributed by atoms with E-state index in [1.165, 1.54) is 17.8 Å². The summed E-state index contributed by atoms with van der Waals surface area (Å²) in [6.07, 6.45) is -6.23. The fraction of sp³-hybridized carbons (Fsp3) is 0.333. The number of anilines is 1. The molecule has 0 saturated heterocycles. The van der Waals surface area contributed by atoms with E-state index in [0.29, 0.717) is 24.2 Å². The first kappa shape index (κ1) is 28.3. The molecule has 0 bridgehead atoms. The van der Waals surface area contributed by atoms with Crippen molar-refractivity contribution >= 4 is 17.7 Å². The highest BCUT2D eigenvalue weighted by Gasteiger charge is 2.66. The van der Waals surface area contributed by atoms with Crippen LogP contribution in [0.1, 0.15) is 24.0 Å². The molecule has 4 N–H and O–H groups in total. The molecule has 1 aliphatic rings. The van der Waals surface area contributed by atoms with Crippen molar-refractivity contribution in [1.82, 2.24) is 19.7 Å². The van der Waals surface area contributed by atoms with Gasteiger partial charge in [-0.2, -0.15) is 36.7 Å². The molecule has 16 heteroatoms. The Morgan fingerprint density at radius 1 is 1.18 bits per heavy atom. The van der Waals surface area contributed by atoms with Crippen LogP contribution in [0.5, 0.6) is 0 Å². The van der Waals surface area contributed by atoms with Crippen molar-refractivity contribution in [2.75, 3.05) is 5.73 Å². The number of nitrogen functional groups attached to an aromatic ring is 1. The molecule has 0 aliphatic heterocycles. The van der Waals surface area contributed by atoms with Gasteiger partial charge >= 0.3 is 23.9 Å². The number of alkyl halides is 6. The second kappa shape index (κ2) is 9.50. The van der Waals surface area contributed by atoms with Crippen LogP contribution in [0.2, 0.25) is 0 Å². The minimum atomic E-state index is -5.87. The SMILES string of the molecule is Cc1ccc(C(OC(=O)C(F)(F)F)(C(N)=O)C(F)(F)F)cc1-c1cnc(N)c(-c2cnn(CC3(C#N)CC3)c2)n1. The molecular formula is C24H19F6N7O3. The lowest BCUT2D eigenvalue weighted by Gasteiger charge is -2.33. The second-order valence-electron chi connectivity index (χ2n) is 9.27. The highest BCUT2D eigenvalue weighted by atomic mass is 19.4. The van der Waals surface area contributed by atoms with Gasteiger partial charge in [0.1, 0.15) is 11.5 Å². The Morgan fingerprint density at radius 3 is 2.40 bits per heavy atom. The lowest BCUT2D eigenvalue weighted by atomic mass is 9.88. The molecule has 2 heterocycles. The van der Waals surface area contributed by atoms with E-state index in [2.05, 4.69) is 25.9 Å². The third-order valence-corrected chi connectivity index (χ3v) is 6.41. The van der Waals surface area contributed by atoms with Crippen LogP contribution in [0.25, 0.3) is 22.5 Å². The molecule has 1 saturated carbocycles. The molecule has 1 aromatic carbocycles. The molecular weight excluding hydrogens is 548 g/mol. The van der Waals surface area contributed by atoms with Crippen molar-refractivity contribution in [3.05, 3.63) is 47.9 Å². The zero-order valence-corrected chi connectivity index (χ0v) is 20.5. The number of nitrogens with zero attached hydrogens (tertiary/aromatic N) is 5. The van der Waals surface area contributed by atoms with Gasteiger partial charge in [-0.1, -0.05) is 12.1 Å².